The Labute approximate surface area is 240 Å². The molecule has 0 bridgehead atoms. The molecule has 5 rings (SSSR count). The van der Waals surface area contributed by atoms with Crippen LogP contribution in [0.2, 0.25) is 0 Å². The number of fused-ring (bicyclic) bond motifs is 1. The van der Waals surface area contributed by atoms with E-state index in [4.69, 9.17) is 0 Å². The Kier molecular flexibility index (Phi) is 9.23. The van der Waals surface area contributed by atoms with Gasteiger partial charge in [0.05, 0.1) is 17.7 Å². The number of carbonyl (C=O) groups is 2. The predicted octanol–water partition coefficient (Wildman–Crippen LogP) is 4.29. The number of hydrogen-bond donors (Lipinski definition) is 4. The van der Waals surface area contributed by atoms with E-state index >= 15 is 0 Å². The highest BCUT2D eigenvalue weighted by Crippen LogP contribution is 2.27. The molecule has 0 spiro atoms. The molecule has 4 N–H and O–H groups in total. The molecule has 3 aromatic carbocycles. The standard InChI is InChI=1S/C33H37N5O3/c1-2-35-26-18-25(19-27(20-26)38-16-8-13-32(38)40)33(41)37-30(17-23-9-4-3-5-10-23)31(39)22-34-21-24-14-15-36-29-12-7-6-11-28(24)29/h3-7,9-12,14-15,18-20,30-31,34-35,39H,2,8,13,16-17,21-22H2,1H3,(H,37,41)/t30-,31-/m0/s1. The van der Waals surface area contributed by atoms with Crippen molar-refractivity contribution in [1.29, 1.82) is 0 Å². The number of aromatic nitrogens is 1. The second-order valence-electron chi connectivity index (χ2n) is 10.4. The van der Waals surface area contributed by atoms with Gasteiger partial charge in [0.25, 0.3) is 5.91 Å². The van der Waals surface area contributed by atoms with Crippen molar-refractivity contribution in [2.75, 3.05) is 29.9 Å². The van der Waals surface area contributed by atoms with Gasteiger partial charge < -0.3 is 26.0 Å². The number of anilines is 2. The minimum absolute atomic E-state index is 0.0652. The number of aliphatic hydroxyl groups excluding tert-OH is 1. The molecular weight excluding hydrogens is 514 g/mol. The molecule has 1 fully saturated rings. The fourth-order valence-electron chi connectivity index (χ4n) is 5.33. The Bertz CT molecular complexity index is 1490. The zero-order valence-electron chi connectivity index (χ0n) is 23.3. The van der Waals surface area contributed by atoms with Gasteiger partial charge in [0, 0.05) is 61.1 Å². The number of benzene rings is 3. The highest BCUT2D eigenvalue weighted by atomic mass is 16.3. The minimum Gasteiger partial charge on any atom is -0.390 e. The van der Waals surface area contributed by atoms with E-state index in [0.29, 0.717) is 50.3 Å². The van der Waals surface area contributed by atoms with Crippen molar-refractivity contribution >= 4 is 34.1 Å². The van der Waals surface area contributed by atoms with E-state index in [9.17, 15) is 14.7 Å². The average molecular weight is 552 g/mol. The van der Waals surface area contributed by atoms with Crippen LogP contribution in [0.5, 0.6) is 0 Å². The fourth-order valence-corrected chi connectivity index (χ4v) is 5.33. The van der Waals surface area contributed by atoms with Crippen molar-refractivity contribution in [2.45, 2.75) is 44.9 Å². The highest BCUT2D eigenvalue weighted by Gasteiger charge is 2.26. The summed E-state index contributed by atoms with van der Waals surface area (Å²) in [5.74, 6) is -0.229. The fraction of sp³-hybridized carbons (Fsp3) is 0.303. The van der Waals surface area contributed by atoms with E-state index in [1.165, 1.54) is 0 Å². The number of nitrogens with zero attached hydrogens (tertiary/aromatic N) is 2. The lowest BCUT2D eigenvalue weighted by Gasteiger charge is -2.26. The van der Waals surface area contributed by atoms with E-state index in [-0.39, 0.29) is 11.8 Å². The molecule has 1 aliphatic heterocycles. The number of aliphatic hydroxyl groups is 1. The maximum absolute atomic E-state index is 13.6. The predicted molar refractivity (Wildman–Crippen MR) is 163 cm³/mol. The van der Waals surface area contributed by atoms with Crippen molar-refractivity contribution in [2.24, 2.45) is 0 Å². The molecule has 0 saturated carbocycles. The maximum atomic E-state index is 13.6. The Morgan fingerprint density at radius 3 is 2.63 bits per heavy atom. The van der Waals surface area contributed by atoms with Gasteiger partial charge in [0.15, 0.2) is 0 Å². The van der Waals surface area contributed by atoms with Crippen LogP contribution in [-0.4, -0.2) is 53.7 Å². The summed E-state index contributed by atoms with van der Waals surface area (Å²) >= 11 is 0. The molecular formula is C33H37N5O3. The number of carbonyl (C=O) groups excluding carboxylic acids is 2. The van der Waals surface area contributed by atoms with Gasteiger partial charge in [-0.2, -0.15) is 0 Å². The minimum atomic E-state index is -0.844. The van der Waals surface area contributed by atoms with E-state index < -0.39 is 12.1 Å². The Hall–Kier alpha value is -4.27. The van der Waals surface area contributed by atoms with Gasteiger partial charge >= 0.3 is 0 Å². The summed E-state index contributed by atoms with van der Waals surface area (Å²) in [4.78, 5) is 32.2. The van der Waals surface area contributed by atoms with Gasteiger partial charge in [-0.1, -0.05) is 48.5 Å². The SMILES string of the molecule is CCNc1cc(C(=O)N[C@@H](Cc2ccccc2)[C@@H](O)CNCc2ccnc3ccccc23)cc(N2CCCC2=O)c1. The Balaban J connectivity index is 1.32. The maximum Gasteiger partial charge on any atom is 0.251 e. The Morgan fingerprint density at radius 2 is 1.85 bits per heavy atom. The number of pyridine rings is 1. The number of amides is 2. The monoisotopic (exact) mass is 551 g/mol. The van der Waals surface area contributed by atoms with E-state index in [2.05, 4.69) is 20.9 Å². The van der Waals surface area contributed by atoms with E-state index in [0.717, 1.165) is 34.1 Å². The molecule has 8 heteroatoms. The topological polar surface area (TPSA) is 107 Å². The summed E-state index contributed by atoms with van der Waals surface area (Å²) < 4.78 is 0. The molecule has 2 atom stereocenters. The van der Waals surface area contributed by atoms with Gasteiger partial charge in [-0.15, -0.1) is 0 Å². The number of hydrogen-bond acceptors (Lipinski definition) is 6. The smallest absolute Gasteiger partial charge is 0.251 e. The quantitative estimate of drug-likeness (QED) is 0.209. The first kappa shape index (κ1) is 28.3. The average Bonchev–Trinajstić information content (AvgIpc) is 3.43. The third-order valence-corrected chi connectivity index (χ3v) is 7.43. The zero-order valence-corrected chi connectivity index (χ0v) is 23.3. The van der Waals surface area contributed by atoms with Crippen LogP contribution in [0, 0.1) is 0 Å². The van der Waals surface area contributed by atoms with Crippen molar-refractivity contribution in [3.63, 3.8) is 0 Å². The molecule has 8 nitrogen and oxygen atoms in total. The highest BCUT2D eigenvalue weighted by molar-refractivity contribution is 6.00. The summed E-state index contributed by atoms with van der Waals surface area (Å²) in [5.41, 5.74) is 4.97. The van der Waals surface area contributed by atoms with E-state index in [1.54, 1.807) is 23.2 Å². The summed E-state index contributed by atoms with van der Waals surface area (Å²) in [7, 11) is 0. The largest absolute Gasteiger partial charge is 0.390 e. The van der Waals surface area contributed by atoms with Crippen LogP contribution in [0.25, 0.3) is 10.9 Å². The molecule has 4 aromatic rings. The second kappa shape index (κ2) is 13.4. The second-order valence-corrected chi connectivity index (χ2v) is 10.4. The van der Waals surface area contributed by atoms with Crippen molar-refractivity contribution in [3.05, 3.63) is 102 Å². The third kappa shape index (κ3) is 7.09. The zero-order chi connectivity index (χ0) is 28.6. The van der Waals surface area contributed by atoms with Gasteiger partial charge in [0.2, 0.25) is 5.91 Å². The lowest BCUT2D eigenvalue weighted by atomic mass is 10.00. The third-order valence-electron chi connectivity index (χ3n) is 7.43. The molecule has 0 radical (unpaired) electrons. The first-order chi connectivity index (χ1) is 20.0. The molecule has 2 amide bonds. The lowest BCUT2D eigenvalue weighted by Crippen LogP contribution is -2.48. The van der Waals surface area contributed by atoms with Crippen LogP contribution in [-0.2, 0) is 17.8 Å². The number of para-hydroxylation sites is 1. The molecule has 212 valence electrons. The van der Waals surface area contributed by atoms with Crippen LogP contribution in [0.15, 0.2) is 85.1 Å². The van der Waals surface area contributed by atoms with Crippen LogP contribution < -0.4 is 20.9 Å². The normalized spacial score (nSPS) is 14.7. The van der Waals surface area contributed by atoms with Gasteiger partial charge in [0.1, 0.15) is 0 Å². The lowest BCUT2D eigenvalue weighted by molar-refractivity contribution is -0.117. The number of nitrogens with one attached hydrogen (secondary N) is 3. The first-order valence-electron chi connectivity index (χ1n) is 14.3. The Morgan fingerprint density at radius 1 is 1.05 bits per heavy atom. The molecule has 2 heterocycles. The van der Waals surface area contributed by atoms with Crippen LogP contribution in [0.4, 0.5) is 11.4 Å². The van der Waals surface area contributed by atoms with Crippen molar-refractivity contribution < 1.29 is 14.7 Å². The van der Waals surface area contributed by atoms with Crippen LogP contribution in [0.3, 0.4) is 0 Å². The summed E-state index contributed by atoms with van der Waals surface area (Å²) in [5, 5.41) is 22.1. The molecule has 0 aliphatic carbocycles. The molecule has 0 unspecified atom stereocenters. The molecule has 1 aliphatic rings. The van der Waals surface area contributed by atoms with Gasteiger partial charge in [-0.25, -0.2) is 0 Å². The van der Waals surface area contributed by atoms with Crippen LogP contribution >= 0.6 is 0 Å². The molecule has 41 heavy (non-hydrogen) atoms. The van der Waals surface area contributed by atoms with Gasteiger partial charge in [-0.3, -0.25) is 14.6 Å². The summed E-state index contributed by atoms with van der Waals surface area (Å²) in [6.07, 6.45) is 2.74. The summed E-state index contributed by atoms with van der Waals surface area (Å²) in [6, 6.07) is 24.7. The van der Waals surface area contributed by atoms with Crippen LogP contribution in [0.1, 0.15) is 41.3 Å². The van der Waals surface area contributed by atoms with Gasteiger partial charge in [-0.05, 0) is 61.2 Å². The molecule has 1 aromatic heterocycles. The first-order valence-corrected chi connectivity index (χ1v) is 14.3. The summed E-state index contributed by atoms with van der Waals surface area (Å²) in [6.45, 7) is 4.17. The van der Waals surface area contributed by atoms with Crippen molar-refractivity contribution in [3.8, 4) is 0 Å². The van der Waals surface area contributed by atoms with Crippen molar-refractivity contribution in [1.82, 2.24) is 15.6 Å². The molecule has 1 saturated heterocycles. The number of rotatable bonds is 12. The van der Waals surface area contributed by atoms with E-state index in [1.807, 2.05) is 73.7 Å².